The van der Waals surface area contributed by atoms with Gasteiger partial charge in [-0.05, 0) is 40.8 Å². The number of nitrogens with two attached hydrogens (primary N) is 1. The summed E-state index contributed by atoms with van der Waals surface area (Å²) in [7, 11) is 0. The van der Waals surface area contributed by atoms with Crippen LogP contribution in [-0.4, -0.2) is 12.8 Å². The van der Waals surface area contributed by atoms with Crippen LogP contribution in [0.1, 0.15) is 6.42 Å². The maximum atomic E-state index is 11.8. The average Bonchev–Trinajstić information content (AvgIpc) is 2.07. The lowest BCUT2D eigenvalue weighted by Crippen LogP contribution is -2.13. The zero-order valence-electron chi connectivity index (χ0n) is 7.64. The van der Waals surface area contributed by atoms with Gasteiger partial charge >= 0.3 is 6.18 Å². The molecule has 0 aliphatic heterocycles. The second-order valence-corrected chi connectivity index (χ2v) is 4.07. The molecule has 1 rings (SSSR count). The van der Waals surface area contributed by atoms with Gasteiger partial charge in [0.1, 0.15) is 5.75 Å². The molecule has 0 bridgehead atoms. The highest BCUT2D eigenvalue weighted by Crippen LogP contribution is 2.25. The number of nitrogen functional groups attached to an aromatic ring is 1. The summed E-state index contributed by atoms with van der Waals surface area (Å²) in [6, 6.07) is 4.79. The van der Waals surface area contributed by atoms with Crippen LogP contribution in [0.3, 0.4) is 0 Å². The molecule has 0 fully saturated rings. The van der Waals surface area contributed by atoms with Crippen LogP contribution >= 0.6 is 22.6 Å². The fraction of sp³-hybridized carbons (Fsp3) is 0.333. The first-order valence-corrected chi connectivity index (χ1v) is 5.21. The highest BCUT2D eigenvalue weighted by molar-refractivity contribution is 14.1. The number of benzene rings is 1. The van der Waals surface area contributed by atoms with E-state index >= 15 is 0 Å². The summed E-state index contributed by atoms with van der Waals surface area (Å²) in [6.45, 7) is -0.372. The Morgan fingerprint density at radius 1 is 1.33 bits per heavy atom. The van der Waals surface area contributed by atoms with Crippen molar-refractivity contribution < 1.29 is 17.9 Å². The maximum absolute atomic E-state index is 11.8. The Balaban J connectivity index is 2.51. The molecule has 0 saturated carbocycles. The lowest BCUT2D eigenvalue weighted by Gasteiger charge is -2.10. The van der Waals surface area contributed by atoms with Crippen molar-refractivity contribution in [2.45, 2.75) is 12.6 Å². The van der Waals surface area contributed by atoms with E-state index in [0.717, 1.165) is 0 Å². The van der Waals surface area contributed by atoms with Crippen LogP contribution in [0.2, 0.25) is 0 Å². The van der Waals surface area contributed by atoms with Gasteiger partial charge in [0.05, 0.1) is 16.6 Å². The van der Waals surface area contributed by atoms with Crippen LogP contribution < -0.4 is 10.5 Å². The first-order valence-electron chi connectivity index (χ1n) is 4.13. The smallest absolute Gasteiger partial charge is 0.392 e. The van der Waals surface area contributed by atoms with Gasteiger partial charge in [0, 0.05) is 5.69 Å². The van der Waals surface area contributed by atoms with E-state index in [1.807, 2.05) is 22.6 Å². The molecule has 0 amide bonds. The molecule has 2 nitrogen and oxygen atoms in total. The van der Waals surface area contributed by atoms with Gasteiger partial charge in [0.25, 0.3) is 0 Å². The van der Waals surface area contributed by atoms with Crippen LogP contribution in [0, 0.1) is 3.57 Å². The molecule has 0 aliphatic carbocycles. The van der Waals surface area contributed by atoms with Gasteiger partial charge in [-0.25, -0.2) is 0 Å². The predicted molar refractivity (Wildman–Crippen MR) is 59.7 cm³/mol. The maximum Gasteiger partial charge on any atom is 0.392 e. The number of hydrogen-bond acceptors (Lipinski definition) is 2. The molecule has 84 valence electrons. The second kappa shape index (κ2) is 4.91. The summed E-state index contributed by atoms with van der Waals surface area (Å²) in [5.41, 5.74) is 6.04. The largest absolute Gasteiger partial charge is 0.492 e. The molecule has 2 N–H and O–H groups in total. The Kier molecular flexibility index (Phi) is 4.06. The zero-order valence-corrected chi connectivity index (χ0v) is 9.80. The summed E-state index contributed by atoms with van der Waals surface area (Å²) >= 11 is 1.96. The molecule has 0 radical (unpaired) electrons. The van der Waals surface area contributed by atoms with E-state index in [-0.39, 0.29) is 6.61 Å². The molecule has 1 aromatic rings. The second-order valence-electron chi connectivity index (χ2n) is 2.90. The summed E-state index contributed by atoms with van der Waals surface area (Å²) in [4.78, 5) is 0. The minimum Gasteiger partial charge on any atom is -0.492 e. The molecular formula is C9H9F3INO. The van der Waals surface area contributed by atoms with E-state index < -0.39 is 12.6 Å². The Bertz CT molecular complexity index is 341. The summed E-state index contributed by atoms with van der Waals surface area (Å²) < 4.78 is 41.2. The summed E-state index contributed by atoms with van der Waals surface area (Å²) in [5.74, 6) is 0.425. The minimum atomic E-state index is -4.18. The molecule has 1 aromatic carbocycles. The van der Waals surface area contributed by atoms with E-state index in [0.29, 0.717) is 15.0 Å². The van der Waals surface area contributed by atoms with Crippen LogP contribution in [0.15, 0.2) is 18.2 Å². The van der Waals surface area contributed by atoms with Crippen LogP contribution in [0.5, 0.6) is 5.75 Å². The predicted octanol–water partition coefficient (Wildman–Crippen LogP) is 3.20. The topological polar surface area (TPSA) is 35.2 Å². The molecule has 15 heavy (non-hydrogen) atoms. The zero-order chi connectivity index (χ0) is 11.5. The third-order valence-corrected chi connectivity index (χ3v) is 2.44. The quantitative estimate of drug-likeness (QED) is 0.682. The standard InChI is InChI=1S/C9H9F3INO/c10-9(11,12)3-4-15-8-2-1-6(14)5-7(8)13/h1-2,5H,3-4,14H2. The fourth-order valence-corrected chi connectivity index (χ4v) is 1.61. The lowest BCUT2D eigenvalue weighted by molar-refractivity contribution is -0.139. The molecule has 0 atom stereocenters. The van der Waals surface area contributed by atoms with E-state index in [1.165, 1.54) is 0 Å². The van der Waals surface area contributed by atoms with Crippen molar-refractivity contribution in [3.05, 3.63) is 21.8 Å². The number of anilines is 1. The van der Waals surface area contributed by atoms with Crippen molar-refractivity contribution in [2.75, 3.05) is 12.3 Å². The van der Waals surface area contributed by atoms with Crippen LogP contribution in [0.4, 0.5) is 18.9 Å². The molecule has 0 spiro atoms. The van der Waals surface area contributed by atoms with Crippen LogP contribution in [0.25, 0.3) is 0 Å². The number of halogens is 4. The van der Waals surface area contributed by atoms with E-state index in [1.54, 1.807) is 18.2 Å². The van der Waals surface area contributed by atoms with Crippen molar-refractivity contribution in [1.82, 2.24) is 0 Å². The SMILES string of the molecule is Nc1ccc(OCCC(F)(F)F)c(I)c1. The van der Waals surface area contributed by atoms with Gasteiger partial charge in [0.2, 0.25) is 0 Å². The Hall–Kier alpha value is -0.660. The number of hydrogen-bond donors (Lipinski definition) is 1. The van der Waals surface area contributed by atoms with Gasteiger partial charge in [-0.2, -0.15) is 13.2 Å². The first kappa shape index (κ1) is 12.4. The Morgan fingerprint density at radius 2 is 2.00 bits per heavy atom. The fourth-order valence-electron chi connectivity index (χ4n) is 0.911. The average molecular weight is 331 g/mol. The Morgan fingerprint density at radius 3 is 2.53 bits per heavy atom. The van der Waals surface area contributed by atoms with Gasteiger partial charge in [-0.3, -0.25) is 0 Å². The molecule has 0 saturated heterocycles. The van der Waals surface area contributed by atoms with E-state index in [2.05, 4.69) is 0 Å². The van der Waals surface area contributed by atoms with Crippen molar-refractivity contribution in [2.24, 2.45) is 0 Å². The third kappa shape index (κ3) is 4.59. The normalized spacial score (nSPS) is 11.5. The number of rotatable bonds is 3. The highest BCUT2D eigenvalue weighted by Gasteiger charge is 2.26. The van der Waals surface area contributed by atoms with E-state index in [9.17, 15) is 13.2 Å². The third-order valence-electron chi connectivity index (χ3n) is 1.60. The van der Waals surface area contributed by atoms with Crippen LogP contribution in [-0.2, 0) is 0 Å². The van der Waals surface area contributed by atoms with Gasteiger partial charge in [0.15, 0.2) is 0 Å². The van der Waals surface area contributed by atoms with Crippen molar-refractivity contribution in [1.29, 1.82) is 0 Å². The number of ether oxygens (including phenoxy) is 1. The molecule has 0 heterocycles. The van der Waals surface area contributed by atoms with Crippen molar-refractivity contribution >= 4 is 28.3 Å². The van der Waals surface area contributed by atoms with E-state index in [4.69, 9.17) is 10.5 Å². The molecule has 6 heteroatoms. The lowest BCUT2D eigenvalue weighted by atomic mass is 10.3. The molecule has 0 unspecified atom stereocenters. The first-order chi connectivity index (χ1) is 6.88. The van der Waals surface area contributed by atoms with Crippen molar-refractivity contribution in [3.8, 4) is 5.75 Å². The Labute approximate surface area is 98.7 Å². The van der Waals surface area contributed by atoms with Gasteiger partial charge in [-0.1, -0.05) is 0 Å². The molecule has 0 aliphatic rings. The number of alkyl halides is 3. The monoisotopic (exact) mass is 331 g/mol. The van der Waals surface area contributed by atoms with Crippen molar-refractivity contribution in [3.63, 3.8) is 0 Å². The minimum absolute atomic E-state index is 0.372. The molecular weight excluding hydrogens is 322 g/mol. The van der Waals surface area contributed by atoms with Gasteiger partial charge < -0.3 is 10.5 Å². The molecule has 0 aromatic heterocycles. The summed E-state index contributed by atoms with van der Waals surface area (Å²) in [6.07, 6.45) is -5.13. The summed E-state index contributed by atoms with van der Waals surface area (Å²) in [5, 5.41) is 0. The highest BCUT2D eigenvalue weighted by atomic mass is 127. The van der Waals surface area contributed by atoms with Gasteiger partial charge in [-0.15, -0.1) is 0 Å².